The highest BCUT2D eigenvalue weighted by Gasteiger charge is 2.26. The van der Waals surface area contributed by atoms with Gasteiger partial charge in [0, 0.05) is 6.07 Å². The highest BCUT2D eigenvalue weighted by atomic mass is 32.2. The molecule has 0 fully saturated rings. The van der Waals surface area contributed by atoms with Gasteiger partial charge in [-0.05, 0) is 35.2 Å². The Bertz CT molecular complexity index is 1280. The molecule has 0 aromatic heterocycles. The van der Waals surface area contributed by atoms with Crippen LogP contribution in [0, 0.1) is 11.6 Å². The number of nitrogens with one attached hydrogen (secondary N) is 2. The molecule has 0 saturated carbocycles. The molecule has 4 aromatic carbocycles. The monoisotopic (exact) mass is 522 g/mol. The van der Waals surface area contributed by atoms with Gasteiger partial charge in [-0.3, -0.25) is 4.79 Å². The van der Waals surface area contributed by atoms with Crippen LogP contribution < -0.4 is 10.0 Å². The van der Waals surface area contributed by atoms with Crippen LogP contribution in [-0.4, -0.2) is 26.6 Å². The fourth-order valence-corrected chi connectivity index (χ4v) is 4.40. The van der Waals surface area contributed by atoms with Crippen LogP contribution in [0.1, 0.15) is 22.7 Å². The van der Waals surface area contributed by atoms with Crippen molar-refractivity contribution in [3.8, 4) is 0 Å². The minimum atomic E-state index is -3.77. The molecule has 8 heteroatoms. The number of carbonyl (C=O) groups is 1. The van der Waals surface area contributed by atoms with Crippen LogP contribution in [0.25, 0.3) is 0 Å². The highest BCUT2D eigenvalue weighted by Crippen LogP contribution is 2.22. The van der Waals surface area contributed by atoms with Crippen LogP contribution in [-0.2, 0) is 21.2 Å². The molecule has 0 aliphatic carbocycles. The molecule has 0 bridgehead atoms. The van der Waals surface area contributed by atoms with Gasteiger partial charge < -0.3 is 5.32 Å². The maximum atomic E-state index is 13.6. The molecule has 4 rings (SSSR count). The number of sulfonamides is 1. The number of amides is 1. The summed E-state index contributed by atoms with van der Waals surface area (Å²) in [6.45, 7) is 0. The van der Waals surface area contributed by atoms with Crippen LogP contribution in [0.2, 0.25) is 0 Å². The summed E-state index contributed by atoms with van der Waals surface area (Å²) in [6, 6.07) is 31.5. The van der Waals surface area contributed by atoms with Gasteiger partial charge in [-0.1, -0.05) is 97.1 Å². The van der Waals surface area contributed by atoms with E-state index >= 15 is 0 Å². The van der Waals surface area contributed by atoms with Crippen molar-refractivity contribution in [1.29, 1.82) is 0 Å². The first-order valence-corrected chi connectivity index (χ1v) is 13.4. The summed E-state index contributed by atoms with van der Waals surface area (Å²) in [6.07, 6.45) is 0.704. The predicted octanol–water partition coefficient (Wildman–Crippen LogP) is 5.02. The van der Waals surface area contributed by atoms with Crippen molar-refractivity contribution >= 4 is 15.9 Å². The standard InChI is InChI=1S/C23H22F2N2O3S.C6H6/c1-31(29,30)27-21(14-16-12-19(24)15-20(25)13-16)23(28)26-22(17-8-4-2-5-9-17)18-10-6-3-7-11-18;1-2-4-6-5-3-1/h2-13,15,21-22,27H,14H2,1H3,(H,26,28);1-6H. The topological polar surface area (TPSA) is 75.3 Å². The number of rotatable bonds is 8. The summed E-state index contributed by atoms with van der Waals surface area (Å²) >= 11 is 0. The summed E-state index contributed by atoms with van der Waals surface area (Å²) in [5, 5.41) is 2.87. The van der Waals surface area contributed by atoms with E-state index in [1.165, 1.54) is 0 Å². The van der Waals surface area contributed by atoms with E-state index in [4.69, 9.17) is 0 Å². The molecule has 0 aliphatic rings. The van der Waals surface area contributed by atoms with Gasteiger partial charge in [0.1, 0.15) is 17.7 Å². The first-order valence-electron chi connectivity index (χ1n) is 11.5. The molecule has 0 heterocycles. The zero-order chi connectivity index (χ0) is 26.7. The van der Waals surface area contributed by atoms with Crippen molar-refractivity contribution < 1.29 is 22.0 Å². The van der Waals surface area contributed by atoms with Crippen LogP contribution in [0.4, 0.5) is 8.78 Å². The summed E-state index contributed by atoms with van der Waals surface area (Å²) in [4.78, 5) is 13.1. The van der Waals surface area contributed by atoms with E-state index in [1.807, 2.05) is 97.1 Å². The van der Waals surface area contributed by atoms with E-state index in [0.29, 0.717) is 6.07 Å². The SMILES string of the molecule is CS(=O)(=O)NC(Cc1cc(F)cc(F)c1)C(=O)NC(c1ccccc1)c1ccccc1.c1ccccc1. The number of carbonyl (C=O) groups excluding carboxylic acids is 1. The summed E-state index contributed by atoms with van der Waals surface area (Å²) in [7, 11) is -3.77. The average molecular weight is 523 g/mol. The molecule has 4 aromatic rings. The molecule has 5 nitrogen and oxygen atoms in total. The van der Waals surface area contributed by atoms with Gasteiger partial charge in [0.2, 0.25) is 15.9 Å². The van der Waals surface area contributed by atoms with Gasteiger partial charge in [-0.15, -0.1) is 0 Å². The smallest absolute Gasteiger partial charge is 0.239 e. The first-order chi connectivity index (χ1) is 17.7. The Hall–Kier alpha value is -3.88. The van der Waals surface area contributed by atoms with Gasteiger partial charge in [0.05, 0.1) is 12.3 Å². The Kier molecular flexibility index (Phi) is 10.1. The van der Waals surface area contributed by atoms with Crippen molar-refractivity contribution in [3.05, 3.63) is 144 Å². The third-order valence-electron chi connectivity index (χ3n) is 5.25. The van der Waals surface area contributed by atoms with Crippen molar-refractivity contribution in [2.75, 3.05) is 6.26 Å². The quantitative estimate of drug-likeness (QED) is 0.341. The third kappa shape index (κ3) is 9.59. The molecule has 192 valence electrons. The van der Waals surface area contributed by atoms with E-state index in [9.17, 15) is 22.0 Å². The van der Waals surface area contributed by atoms with E-state index in [1.54, 1.807) is 0 Å². The summed E-state index contributed by atoms with van der Waals surface area (Å²) < 4.78 is 53.2. The Morgan fingerprint density at radius 2 is 1.14 bits per heavy atom. The molecule has 37 heavy (non-hydrogen) atoms. The van der Waals surface area contributed by atoms with Crippen molar-refractivity contribution in [2.24, 2.45) is 0 Å². The Balaban J connectivity index is 0.000000555. The molecule has 1 atom stereocenters. The predicted molar refractivity (Wildman–Crippen MR) is 141 cm³/mol. The lowest BCUT2D eigenvalue weighted by molar-refractivity contribution is -0.123. The molecule has 1 unspecified atom stereocenters. The van der Waals surface area contributed by atoms with E-state index < -0.39 is 39.6 Å². The number of benzene rings is 4. The van der Waals surface area contributed by atoms with Crippen molar-refractivity contribution in [2.45, 2.75) is 18.5 Å². The summed E-state index contributed by atoms with van der Waals surface area (Å²) in [5.41, 5.74) is 1.76. The molecule has 0 saturated heterocycles. The molecule has 0 radical (unpaired) electrons. The first kappa shape index (κ1) is 27.7. The average Bonchev–Trinajstić information content (AvgIpc) is 2.88. The van der Waals surface area contributed by atoms with E-state index in [2.05, 4.69) is 10.0 Å². The van der Waals surface area contributed by atoms with Crippen molar-refractivity contribution in [1.82, 2.24) is 10.0 Å². The van der Waals surface area contributed by atoms with Crippen molar-refractivity contribution in [3.63, 3.8) is 0 Å². The molecule has 1 amide bonds. The Morgan fingerprint density at radius 1 is 0.730 bits per heavy atom. The van der Waals surface area contributed by atoms with Crippen LogP contribution in [0.5, 0.6) is 0 Å². The second-order valence-electron chi connectivity index (χ2n) is 8.34. The molecule has 0 spiro atoms. The summed E-state index contributed by atoms with van der Waals surface area (Å²) in [5.74, 6) is -2.23. The molecule has 0 aliphatic heterocycles. The number of halogens is 2. The van der Waals surface area contributed by atoms with Crippen LogP contribution >= 0.6 is 0 Å². The minimum absolute atomic E-state index is 0.157. The lowest BCUT2D eigenvalue weighted by atomic mass is 9.97. The van der Waals surface area contributed by atoms with Crippen LogP contribution in [0.3, 0.4) is 0 Å². The maximum absolute atomic E-state index is 13.6. The Labute approximate surface area is 216 Å². The van der Waals surface area contributed by atoms with E-state index in [0.717, 1.165) is 29.5 Å². The lowest BCUT2D eigenvalue weighted by Gasteiger charge is -2.24. The van der Waals surface area contributed by atoms with Gasteiger partial charge in [0.25, 0.3) is 0 Å². The molecular weight excluding hydrogens is 494 g/mol. The lowest BCUT2D eigenvalue weighted by Crippen LogP contribution is -2.48. The zero-order valence-electron chi connectivity index (χ0n) is 20.2. The second-order valence-corrected chi connectivity index (χ2v) is 10.1. The minimum Gasteiger partial charge on any atom is -0.344 e. The van der Waals surface area contributed by atoms with E-state index in [-0.39, 0.29) is 12.0 Å². The fraction of sp³-hybridized carbons (Fsp3) is 0.138. The van der Waals surface area contributed by atoms with Gasteiger partial charge >= 0.3 is 0 Å². The largest absolute Gasteiger partial charge is 0.344 e. The third-order valence-corrected chi connectivity index (χ3v) is 5.97. The molecular formula is C29H28F2N2O3S. The maximum Gasteiger partial charge on any atom is 0.239 e. The van der Waals surface area contributed by atoms with Crippen LogP contribution in [0.15, 0.2) is 115 Å². The van der Waals surface area contributed by atoms with Gasteiger partial charge in [-0.25, -0.2) is 21.9 Å². The highest BCUT2D eigenvalue weighted by molar-refractivity contribution is 7.88. The van der Waals surface area contributed by atoms with Gasteiger partial charge in [0.15, 0.2) is 0 Å². The fourth-order valence-electron chi connectivity index (χ4n) is 3.69. The normalized spacial score (nSPS) is 11.8. The second kappa shape index (κ2) is 13.4. The zero-order valence-corrected chi connectivity index (χ0v) is 21.0. The number of hydrogen-bond acceptors (Lipinski definition) is 3. The number of hydrogen-bond donors (Lipinski definition) is 2. The molecule has 2 N–H and O–H groups in total. The Morgan fingerprint density at radius 3 is 1.54 bits per heavy atom. The van der Waals surface area contributed by atoms with Gasteiger partial charge in [-0.2, -0.15) is 0 Å².